The van der Waals surface area contributed by atoms with E-state index in [4.69, 9.17) is 21.1 Å². The van der Waals surface area contributed by atoms with Gasteiger partial charge in [0, 0.05) is 41.9 Å². The van der Waals surface area contributed by atoms with Gasteiger partial charge in [0.25, 0.3) is 0 Å². The lowest BCUT2D eigenvalue weighted by Gasteiger charge is -2.19. The van der Waals surface area contributed by atoms with Crippen LogP contribution in [0.5, 0.6) is 5.75 Å². The highest BCUT2D eigenvalue weighted by atomic mass is 35.5. The van der Waals surface area contributed by atoms with Crippen LogP contribution in [-0.2, 0) is 9.53 Å². The predicted molar refractivity (Wildman–Crippen MR) is 144 cm³/mol. The van der Waals surface area contributed by atoms with Gasteiger partial charge in [0.15, 0.2) is 0 Å². The van der Waals surface area contributed by atoms with Crippen LogP contribution in [0, 0.1) is 17.1 Å². The summed E-state index contributed by atoms with van der Waals surface area (Å²) in [5, 5.41) is 16.4. The lowest BCUT2D eigenvalue weighted by molar-refractivity contribution is -0.112. The normalized spacial score (nSPS) is 19.6. The zero-order chi connectivity index (χ0) is 26.6. The standard InChI is InChI=1S/C28H27ClFN5O3/c1-35-9-2-3-19(35)5-7-27(36)34-25-12-21-24(13-26(25)38-20-8-10-37-16-20)32-15-17(14-31)28(21)33-18-4-6-23(30)22(29)11-18/h4-7,11-13,15,19-20H,2-3,8-10,16H2,1H3,(H,32,33)(H,34,36)/b7-5+/t19?,20-/m0/s1. The molecule has 0 aliphatic carbocycles. The molecule has 0 spiro atoms. The summed E-state index contributed by atoms with van der Waals surface area (Å²) < 4.78 is 25.4. The number of likely N-dealkylation sites (N-methyl/N-ethyl adjacent to an activating group) is 1. The monoisotopic (exact) mass is 535 g/mol. The highest BCUT2D eigenvalue weighted by Gasteiger charge is 2.22. The molecule has 0 bridgehead atoms. The van der Waals surface area contributed by atoms with E-state index in [0.717, 1.165) is 25.8 Å². The second-order valence-corrected chi connectivity index (χ2v) is 9.83. The third-order valence-electron chi connectivity index (χ3n) is 6.76. The number of likely N-dealkylation sites (tertiary alicyclic amines) is 1. The maximum absolute atomic E-state index is 13.7. The number of nitriles is 1. The lowest BCUT2D eigenvalue weighted by atomic mass is 10.1. The van der Waals surface area contributed by atoms with Crippen molar-refractivity contribution in [1.82, 2.24) is 9.88 Å². The summed E-state index contributed by atoms with van der Waals surface area (Å²) in [4.78, 5) is 19.6. The molecule has 2 saturated heterocycles. The van der Waals surface area contributed by atoms with Gasteiger partial charge < -0.3 is 20.1 Å². The second-order valence-electron chi connectivity index (χ2n) is 9.42. The van der Waals surface area contributed by atoms with Crippen LogP contribution in [0.4, 0.5) is 21.5 Å². The van der Waals surface area contributed by atoms with E-state index in [1.165, 1.54) is 24.4 Å². The average molecular weight is 536 g/mol. The van der Waals surface area contributed by atoms with E-state index in [0.29, 0.717) is 46.9 Å². The third kappa shape index (κ3) is 5.73. The van der Waals surface area contributed by atoms with Gasteiger partial charge in [-0.05, 0) is 50.7 Å². The highest BCUT2D eigenvalue weighted by Crippen LogP contribution is 2.37. The fourth-order valence-corrected chi connectivity index (χ4v) is 4.87. The fourth-order valence-electron chi connectivity index (χ4n) is 4.69. The van der Waals surface area contributed by atoms with Crippen molar-refractivity contribution < 1.29 is 18.7 Å². The van der Waals surface area contributed by atoms with Gasteiger partial charge in [-0.2, -0.15) is 5.26 Å². The number of amides is 1. The molecule has 2 aliphatic rings. The van der Waals surface area contributed by atoms with E-state index in [2.05, 4.69) is 26.6 Å². The number of nitrogens with one attached hydrogen (secondary N) is 2. The molecule has 10 heteroatoms. The first kappa shape index (κ1) is 25.9. The number of ether oxygens (including phenoxy) is 2. The Balaban J connectivity index is 1.53. The summed E-state index contributed by atoms with van der Waals surface area (Å²) in [6, 6.07) is 10.0. The number of nitrogens with zero attached hydrogens (tertiary/aromatic N) is 3. The first-order chi connectivity index (χ1) is 18.4. The Kier molecular flexibility index (Phi) is 7.74. The van der Waals surface area contributed by atoms with Crippen LogP contribution in [0.15, 0.2) is 48.7 Å². The number of fused-ring (bicyclic) bond motifs is 1. The average Bonchev–Trinajstić information content (AvgIpc) is 3.57. The van der Waals surface area contributed by atoms with E-state index < -0.39 is 5.82 Å². The second kappa shape index (κ2) is 11.4. The number of benzene rings is 2. The molecule has 38 heavy (non-hydrogen) atoms. The van der Waals surface area contributed by atoms with Crippen molar-refractivity contribution >= 4 is 45.5 Å². The van der Waals surface area contributed by atoms with Crippen molar-refractivity contribution in [3.05, 3.63) is 65.1 Å². The van der Waals surface area contributed by atoms with Crippen molar-refractivity contribution in [3.63, 3.8) is 0 Å². The van der Waals surface area contributed by atoms with Gasteiger partial charge in [-0.3, -0.25) is 14.7 Å². The van der Waals surface area contributed by atoms with Gasteiger partial charge >= 0.3 is 0 Å². The number of aromatic nitrogens is 1. The number of carbonyl (C=O) groups excluding carboxylic acids is 1. The van der Waals surface area contributed by atoms with Crippen LogP contribution in [0.2, 0.25) is 5.02 Å². The topological polar surface area (TPSA) is 99.5 Å². The maximum atomic E-state index is 13.7. The van der Waals surface area contributed by atoms with Crippen LogP contribution in [0.3, 0.4) is 0 Å². The highest BCUT2D eigenvalue weighted by molar-refractivity contribution is 6.31. The number of hydrogen-bond donors (Lipinski definition) is 2. The number of pyridine rings is 1. The zero-order valence-corrected chi connectivity index (χ0v) is 21.6. The number of halogens is 2. The summed E-state index contributed by atoms with van der Waals surface area (Å²) in [5.41, 5.74) is 2.22. The van der Waals surface area contributed by atoms with Crippen molar-refractivity contribution in [2.24, 2.45) is 0 Å². The molecule has 0 saturated carbocycles. The van der Waals surface area contributed by atoms with Gasteiger partial charge in [-0.1, -0.05) is 17.7 Å². The Bertz CT molecular complexity index is 1430. The number of rotatable bonds is 7. The van der Waals surface area contributed by atoms with E-state index in [-0.39, 0.29) is 28.6 Å². The van der Waals surface area contributed by atoms with Gasteiger partial charge in [0.05, 0.1) is 40.7 Å². The third-order valence-corrected chi connectivity index (χ3v) is 7.05. The molecule has 3 heterocycles. The Morgan fingerprint density at radius 3 is 2.92 bits per heavy atom. The van der Waals surface area contributed by atoms with Crippen LogP contribution in [0.25, 0.3) is 10.9 Å². The van der Waals surface area contributed by atoms with Gasteiger partial charge in [-0.15, -0.1) is 0 Å². The molecule has 5 rings (SSSR count). The molecule has 3 aromatic rings. The Morgan fingerprint density at radius 2 is 2.21 bits per heavy atom. The smallest absolute Gasteiger partial charge is 0.248 e. The number of anilines is 3. The van der Waals surface area contributed by atoms with Crippen molar-refractivity contribution in [1.29, 1.82) is 5.26 Å². The minimum atomic E-state index is -0.545. The molecule has 0 radical (unpaired) electrons. The minimum Gasteiger partial charge on any atom is -0.486 e. The number of carbonyl (C=O) groups is 1. The van der Waals surface area contributed by atoms with Crippen LogP contribution < -0.4 is 15.4 Å². The Morgan fingerprint density at radius 1 is 1.34 bits per heavy atom. The van der Waals surface area contributed by atoms with E-state index in [9.17, 15) is 14.4 Å². The first-order valence-electron chi connectivity index (χ1n) is 12.4. The van der Waals surface area contributed by atoms with Crippen LogP contribution in [0.1, 0.15) is 24.8 Å². The summed E-state index contributed by atoms with van der Waals surface area (Å²) >= 11 is 5.97. The Hall–Kier alpha value is -3.71. The SMILES string of the molecule is CN1CCCC1/C=C/C(=O)Nc1cc2c(Nc3ccc(F)c(Cl)c3)c(C#N)cnc2cc1O[C@H]1CCOC1. The summed E-state index contributed by atoms with van der Waals surface area (Å²) in [5.74, 6) is -0.376. The van der Waals surface area contributed by atoms with E-state index in [1.54, 1.807) is 18.2 Å². The van der Waals surface area contributed by atoms with Crippen molar-refractivity contribution in [3.8, 4) is 11.8 Å². The molecule has 2 atom stereocenters. The fraction of sp³-hybridized carbons (Fsp3) is 0.321. The molecule has 2 aromatic carbocycles. The van der Waals surface area contributed by atoms with Crippen molar-refractivity contribution in [2.45, 2.75) is 31.4 Å². The molecule has 1 amide bonds. The maximum Gasteiger partial charge on any atom is 0.248 e. The lowest BCUT2D eigenvalue weighted by Crippen LogP contribution is -2.23. The molecule has 196 valence electrons. The van der Waals surface area contributed by atoms with Crippen molar-refractivity contribution in [2.75, 3.05) is 37.4 Å². The predicted octanol–water partition coefficient (Wildman–Crippen LogP) is 5.40. The molecule has 1 aromatic heterocycles. The van der Waals surface area contributed by atoms with E-state index >= 15 is 0 Å². The zero-order valence-electron chi connectivity index (χ0n) is 20.8. The number of hydrogen-bond acceptors (Lipinski definition) is 7. The molecular formula is C28H27ClFN5O3. The van der Waals surface area contributed by atoms with E-state index in [1.807, 2.05) is 13.1 Å². The first-order valence-corrected chi connectivity index (χ1v) is 12.8. The largest absolute Gasteiger partial charge is 0.486 e. The van der Waals surface area contributed by atoms with Gasteiger partial charge in [0.1, 0.15) is 23.7 Å². The summed E-state index contributed by atoms with van der Waals surface area (Å²) in [7, 11) is 2.04. The quantitative estimate of drug-likeness (QED) is 0.391. The molecule has 2 N–H and O–H groups in total. The van der Waals surface area contributed by atoms with Crippen LogP contribution >= 0.6 is 11.6 Å². The molecule has 1 unspecified atom stereocenters. The molecule has 2 aliphatic heterocycles. The molecule has 2 fully saturated rings. The molecular weight excluding hydrogens is 509 g/mol. The summed E-state index contributed by atoms with van der Waals surface area (Å²) in [6.07, 6.45) is 7.61. The molecule has 8 nitrogen and oxygen atoms in total. The Labute approximate surface area is 225 Å². The van der Waals surface area contributed by atoms with Gasteiger partial charge in [0.2, 0.25) is 5.91 Å². The van der Waals surface area contributed by atoms with Crippen LogP contribution in [-0.4, -0.2) is 54.7 Å². The van der Waals surface area contributed by atoms with Gasteiger partial charge in [-0.25, -0.2) is 4.39 Å². The minimum absolute atomic E-state index is 0.0472. The summed E-state index contributed by atoms with van der Waals surface area (Å²) in [6.45, 7) is 2.07.